The highest BCUT2D eigenvalue weighted by atomic mass is 19.4. The van der Waals surface area contributed by atoms with Gasteiger partial charge in [0.05, 0.1) is 5.92 Å². The van der Waals surface area contributed by atoms with Gasteiger partial charge in [-0.15, -0.1) is 0 Å². The first kappa shape index (κ1) is 12.1. The van der Waals surface area contributed by atoms with Crippen LogP contribution in [0.3, 0.4) is 0 Å². The second-order valence-corrected chi connectivity index (χ2v) is 3.77. The SMILES string of the molecule is NC1CC(C(F)(F)F)CCC1NC(=O)O. The van der Waals surface area contributed by atoms with Crippen LogP contribution in [0.4, 0.5) is 18.0 Å². The molecule has 0 aromatic heterocycles. The summed E-state index contributed by atoms with van der Waals surface area (Å²) < 4.78 is 36.9. The monoisotopic (exact) mass is 226 g/mol. The minimum atomic E-state index is -4.23. The first-order chi connectivity index (χ1) is 6.80. The maximum Gasteiger partial charge on any atom is 0.404 e. The average molecular weight is 226 g/mol. The summed E-state index contributed by atoms with van der Waals surface area (Å²) in [4.78, 5) is 10.3. The molecule has 0 aromatic rings. The molecule has 1 aliphatic rings. The van der Waals surface area contributed by atoms with Crippen molar-refractivity contribution in [2.75, 3.05) is 0 Å². The summed E-state index contributed by atoms with van der Waals surface area (Å²) in [5.74, 6) is -1.40. The van der Waals surface area contributed by atoms with Gasteiger partial charge in [0.2, 0.25) is 0 Å². The smallest absolute Gasteiger partial charge is 0.404 e. The van der Waals surface area contributed by atoms with Crippen LogP contribution in [0.2, 0.25) is 0 Å². The molecule has 4 N–H and O–H groups in total. The third-order valence-electron chi connectivity index (χ3n) is 2.67. The molecular formula is C8H13F3N2O2. The van der Waals surface area contributed by atoms with E-state index in [9.17, 15) is 18.0 Å². The van der Waals surface area contributed by atoms with Crippen LogP contribution in [0.1, 0.15) is 19.3 Å². The van der Waals surface area contributed by atoms with Crippen molar-refractivity contribution in [1.82, 2.24) is 5.32 Å². The highest BCUT2D eigenvalue weighted by molar-refractivity contribution is 5.65. The molecule has 0 heterocycles. The second-order valence-electron chi connectivity index (χ2n) is 3.77. The van der Waals surface area contributed by atoms with Crippen LogP contribution in [0, 0.1) is 5.92 Å². The van der Waals surface area contributed by atoms with Gasteiger partial charge in [0.1, 0.15) is 0 Å². The van der Waals surface area contributed by atoms with E-state index < -0.39 is 30.3 Å². The summed E-state index contributed by atoms with van der Waals surface area (Å²) in [6.07, 6.45) is -5.62. The van der Waals surface area contributed by atoms with Crippen molar-refractivity contribution >= 4 is 6.09 Å². The van der Waals surface area contributed by atoms with Crippen molar-refractivity contribution in [3.63, 3.8) is 0 Å². The molecule has 0 saturated heterocycles. The van der Waals surface area contributed by atoms with Crippen molar-refractivity contribution in [2.45, 2.75) is 37.5 Å². The standard InChI is InChI=1S/C8H13F3N2O2/c9-8(10,11)4-1-2-6(5(12)3-4)13-7(14)15/h4-6,13H,1-3,12H2,(H,14,15). The van der Waals surface area contributed by atoms with Gasteiger partial charge in [0.15, 0.2) is 0 Å². The molecule has 4 nitrogen and oxygen atoms in total. The number of nitrogens with two attached hydrogens (primary N) is 1. The Morgan fingerprint density at radius 3 is 2.40 bits per heavy atom. The Morgan fingerprint density at radius 1 is 1.40 bits per heavy atom. The molecule has 0 bridgehead atoms. The first-order valence-electron chi connectivity index (χ1n) is 4.62. The van der Waals surface area contributed by atoms with Crippen molar-refractivity contribution < 1.29 is 23.1 Å². The van der Waals surface area contributed by atoms with Gasteiger partial charge >= 0.3 is 12.3 Å². The number of hydrogen-bond acceptors (Lipinski definition) is 2. The fraction of sp³-hybridized carbons (Fsp3) is 0.875. The lowest BCUT2D eigenvalue weighted by molar-refractivity contribution is -0.184. The maximum absolute atomic E-state index is 12.3. The van der Waals surface area contributed by atoms with Crippen molar-refractivity contribution in [3.05, 3.63) is 0 Å². The normalized spacial score (nSPS) is 32.4. The van der Waals surface area contributed by atoms with Crippen LogP contribution >= 0.6 is 0 Å². The van der Waals surface area contributed by atoms with E-state index in [1.54, 1.807) is 0 Å². The maximum atomic E-state index is 12.3. The Morgan fingerprint density at radius 2 is 2.00 bits per heavy atom. The predicted molar refractivity (Wildman–Crippen MR) is 46.3 cm³/mol. The zero-order chi connectivity index (χ0) is 11.6. The topological polar surface area (TPSA) is 75.3 Å². The summed E-state index contributed by atoms with van der Waals surface area (Å²) in [5, 5.41) is 10.5. The third-order valence-corrected chi connectivity index (χ3v) is 2.67. The van der Waals surface area contributed by atoms with E-state index in [1.807, 2.05) is 0 Å². The Bertz CT molecular complexity index is 245. The zero-order valence-electron chi connectivity index (χ0n) is 7.92. The summed E-state index contributed by atoms with van der Waals surface area (Å²) in [6.45, 7) is 0. The highest BCUT2D eigenvalue weighted by Crippen LogP contribution is 2.37. The molecule has 1 saturated carbocycles. The van der Waals surface area contributed by atoms with Gasteiger partial charge in [-0.2, -0.15) is 13.2 Å². The molecule has 1 amide bonds. The lowest BCUT2D eigenvalue weighted by Gasteiger charge is -2.34. The number of halogens is 3. The molecule has 7 heteroatoms. The van der Waals surface area contributed by atoms with Crippen molar-refractivity contribution in [3.8, 4) is 0 Å². The van der Waals surface area contributed by atoms with Crippen molar-refractivity contribution in [1.29, 1.82) is 0 Å². The van der Waals surface area contributed by atoms with Crippen LogP contribution in [0.25, 0.3) is 0 Å². The minimum absolute atomic E-state index is 0.0673. The van der Waals surface area contributed by atoms with E-state index in [-0.39, 0.29) is 19.3 Å². The molecule has 0 spiro atoms. The van der Waals surface area contributed by atoms with Crippen molar-refractivity contribution in [2.24, 2.45) is 11.7 Å². The molecule has 0 aliphatic heterocycles. The Hall–Kier alpha value is -0.980. The molecule has 88 valence electrons. The van der Waals surface area contributed by atoms with Crippen LogP contribution in [0.15, 0.2) is 0 Å². The van der Waals surface area contributed by atoms with Crippen LogP contribution in [0.5, 0.6) is 0 Å². The number of carbonyl (C=O) groups is 1. The van der Waals surface area contributed by atoms with E-state index >= 15 is 0 Å². The van der Waals surface area contributed by atoms with E-state index in [0.29, 0.717) is 0 Å². The van der Waals surface area contributed by atoms with Crippen LogP contribution < -0.4 is 11.1 Å². The number of hydrogen-bond donors (Lipinski definition) is 3. The molecule has 1 fully saturated rings. The Labute approximate surface area is 84.6 Å². The first-order valence-corrected chi connectivity index (χ1v) is 4.62. The minimum Gasteiger partial charge on any atom is -0.465 e. The van der Waals surface area contributed by atoms with Crippen LogP contribution in [-0.2, 0) is 0 Å². The van der Waals surface area contributed by atoms with E-state index in [1.165, 1.54) is 0 Å². The third kappa shape index (κ3) is 3.26. The molecule has 3 unspecified atom stereocenters. The molecule has 0 aromatic carbocycles. The molecule has 15 heavy (non-hydrogen) atoms. The van der Waals surface area contributed by atoms with Gasteiger partial charge in [0, 0.05) is 12.1 Å². The van der Waals surface area contributed by atoms with E-state index in [2.05, 4.69) is 5.32 Å². The number of amides is 1. The molecule has 3 atom stereocenters. The molecule has 1 rings (SSSR count). The predicted octanol–water partition coefficient (Wildman–Crippen LogP) is 1.31. The van der Waals surface area contributed by atoms with Gasteiger partial charge in [-0.3, -0.25) is 0 Å². The highest BCUT2D eigenvalue weighted by Gasteiger charge is 2.44. The van der Waals surface area contributed by atoms with Crippen LogP contribution in [-0.4, -0.2) is 29.5 Å². The quantitative estimate of drug-likeness (QED) is 0.631. The van der Waals surface area contributed by atoms with E-state index in [0.717, 1.165) is 0 Å². The number of alkyl halides is 3. The molecule has 1 aliphatic carbocycles. The lowest BCUT2D eigenvalue weighted by atomic mass is 9.82. The van der Waals surface area contributed by atoms with E-state index in [4.69, 9.17) is 10.8 Å². The lowest BCUT2D eigenvalue weighted by Crippen LogP contribution is -2.52. The Kier molecular flexibility index (Phi) is 3.43. The fourth-order valence-electron chi connectivity index (χ4n) is 1.84. The average Bonchev–Trinajstić information content (AvgIpc) is 2.05. The zero-order valence-corrected chi connectivity index (χ0v) is 7.92. The summed E-state index contributed by atoms with van der Waals surface area (Å²) in [7, 11) is 0. The van der Waals surface area contributed by atoms with Gasteiger partial charge in [0.25, 0.3) is 0 Å². The number of carboxylic acid groups (broad SMARTS) is 1. The van der Waals surface area contributed by atoms with Gasteiger partial charge in [-0.1, -0.05) is 0 Å². The summed E-state index contributed by atoms with van der Waals surface area (Å²) >= 11 is 0. The Balaban J connectivity index is 2.51. The fourth-order valence-corrected chi connectivity index (χ4v) is 1.84. The molecule has 0 radical (unpaired) electrons. The number of rotatable bonds is 1. The second kappa shape index (κ2) is 4.26. The largest absolute Gasteiger partial charge is 0.465 e. The number of nitrogens with one attached hydrogen (secondary N) is 1. The van der Waals surface area contributed by atoms with Gasteiger partial charge < -0.3 is 16.2 Å². The summed E-state index contributed by atoms with van der Waals surface area (Å²) in [5.41, 5.74) is 5.49. The van der Waals surface area contributed by atoms with Gasteiger partial charge in [-0.25, -0.2) is 4.79 Å². The summed E-state index contributed by atoms with van der Waals surface area (Å²) in [6, 6.07) is -1.33. The van der Waals surface area contributed by atoms with Gasteiger partial charge in [-0.05, 0) is 19.3 Å². The molecular weight excluding hydrogens is 213 g/mol.